The number of nitrogens with one attached hydrogen (secondary N) is 1. The summed E-state index contributed by atoms with van der Waals surface area (Å²) < 4.78 is 35.8. The number of rotatable bonds is 6. The lowest BCUT2D eigenvalue weighted by molar-refractivity contribution is -0.150. The van der Waals surface area contributed by atoms with Crippen LogP contribution < -0.4 is 4.72 Å². The largest absolute Gasteiger partial charge is 0.462 e. The average molecular weight is 435 g/mol. The fourth-order valence-electron chi connectivity index (χ4n) is 4.28. The first kappa shape index (κ1) is 20.2. The van der Waals surface area contributed by atoms with E-state index in [4.69, 9.17) is 16.3 Å². The summed E-state index contributed by atoms with van der Waals surface area (Å²) >= 11 is 5.87. The fraction of sp³-hybridized carbons (Fsp3) is 0.381. The maximum absolute atomic E-state index is 12.9. The second-order valence-electron chi connectivity index (χ2n) is 7.57. The molecule has 8 heteroatoms. The van der Waals surface area contributed by atoms with Crippen molar-refractivity contribution in [1.29, 1.82) is 0 Å². The molecule has 3 atom stereocenters. The van der Waals surface area contributed by atoms with Gasteiger partial charge in [-0.15, -0.1) is 0 Å². The fourth-order valence-corrected chi connectivity index (χ4v) is 6.12. The first-order valence-corrected chi connectivity index (χ1v) is 11.5. The molecule has 0 saturated carbocycles. The average Bonchev–Trinajstić information content (AvgIpc) is 2.97. The van der Waals surface area contributed by atoms with E-state index >= 15 is 0 Å². The van der Waals surface area contributed by atoms with Crippen LogP contribution in [0.2, 0.25) is 5.02 Å². The van der Waals surface area contributed by atoms with E-state index in [2.05, 4.69) is 4.72 Å². The molecule has 0 spiro atoms. The molecule has 2 aromatic carbocycles. The Morgan fingerprint density at radius 3 is 2.28 bits per heavy atom. The van der Waals surface area contributed by atoms with Crippen molar-refractivity contribution >= 4 is 33.5 Å². The van der Waals surface area contributed by atoms with Gasteiger partial charge in [0.25, 0.3) is 0 Å². The van der Waals surface area contributed by atoms with Crippen LogP contribution in [0.25, 0.3) is 0 Å². The number of esters is 1. The molecule has 0 aromatic heterocycles. The van der Waals surface area contributed by atoms with Crippen molar-refractivity contribution in [3.05, 3.63) is 65.2 Å². The van der Waals surface area contributed by atoms with Crippen LogP contribution in [0.5, 0.6) is 0 Å². The van der Waals surface area contributed by atoms with Crippen LogP contribution >= 0.6 is 11.6 Å². The van der Waals surface area contributed by atoms with Gasteiger partial charge < -0.3 is 4.74 Å². The SMILES string of the molecule is O=C(Cc1ccccc1)OC1C[C@H]2CC[C@@H](C1)N2S(=O)(=O)Nc1ccc(Cl)cc1. The smallest absolute Gasteiger partial charge is 0.310 e. The molecule has 29 heavy (non-hydrogen) atoms. The Hall–Kier alpha value is -2.09. The number of benzene rings is 2. The van der Waals surface area contributed by atoms with E-state index in [9.17, 15) is 13.2 Å². The van der Waals surface area contributed by atoms with E-state index in [1.807, 2.05) is 30.3 Å². The third kappa shape index (κ3) is 4.74. The highest BCUT2D eigenvalue weighted by Crippen LogP contribution is 2.39. The lowest BCUT2D eigenvalue weighted by atomic mass is 10.0. The standard InChI is InChI=1S/C21H23ClN2O4S/c22-16-6-8-17(9-7-16)23-29(26,27)24-18-10-11-19(24)14-20(13-18)28-21(25)12-15-4-2-1-3-5-15/h1-9,18-20,23H,10-14H2/t18-,19+,20?. The number of hydrogen-bond donors (Lipinski definition) is 1. The van der Waals surface area contributed by atoms with E-state index < -0.39 is 10.2 Å². The van der Waals surface area contributed by atoms with E-state index in [-0.39, 0.29) is 30.6 Å². The summed E-state index contributed by atoms with van der Waals surface area (Å²) in [5, 5.41) is 0.547. The zero-order valence-corrected chi connectivity index (χ0v) is 17.4. The molecular formula is C21H23ClN2O4S. The summed E-state index contributed by atoms with van der Waals surface area (Å²) in [4.78, 5) is 12.3. The van der Waals surface area contributed by atoms with Crippen LogP contribution in [0.3, 0.4) is 0 Å². The van der Waals surface area contributed by atoms with Gasteiger partial charge in [-0.3, -0.25) is 9.52 Å². The molecule has 1 N–H and O–H groups in total. The van der Waals surface area contributed by atoms with Crippen molar-refractivity contribution in [2.24, 2.45) is 0 Å². The van der Waals surface area contributed by atoms with Gasteiger partial charge >= 0.3 is 16.2 Å². The summed E-state index contributed by atoms with van der Waals surface area (Å²) in [5.74, 6) is -0.267. The van der Waals surface area contributed by atoms with Crippen molar-refractivity contribution in [1.82, 2.24) is 4.31 Å². The van der Waals surface area contributed by atoms with Gasteiger partial charge in [-0.2, -0.15) is 12.7 Å². The zero-order chi connectivity index (χ0) is 20.4. The Kier molecular flexibility index (Phi) is 5.81. The van der Waals surface area contributed by atoms with Gasteiger partial charge in [0.15, 0.2) is 0 Å². The van der Waals surface area contributed by atoms with E-state index in [1.54, 1.807) is 28.6 Å². The highest BCUT2D eigenvalue weighted by Gasteiger charge is 2.47. The van der Waals surface area contributed by atoms with E-state index in [0.717, 1.165) is 18.4 Å². The number of hydrogen-bond acceptors (Lipinski definition) is 4. The molecule has 2 bridgehead atoms. The monoisotopic (exact) mass is 434 g/mol. The third-order valence-electron chi connectivity index (χ3n) is 5.48. The van der Waals surface area contributed by atoms with Gasteiger partial charge in [-0.1, -0.05) is 41.9 Å². The van der Waals surface area contributed by atoms with Crippen molar-refractivity contribution in [2.75, 3.05) is 4.72 Å². The zero-order valence-electron chi connectivity index (χ0n) is 15.8. The number of piperidine rings is 1. The van der Waals surface area contributed by atoms with Gasteiger partial charge in [-0.25, -0.2) is 0 Å². The van der Waals surface area contributed by atoms with Crippen LogP contribution in [-0.4, -0.2) is 36.9 Å². The van der Waals surface area contributed by atoms with Crippen LogP contribution in [-0.2, 0) is 26.2 Å². The number of nitrogens with zero attached hydrogens (tertiary/aromatic N) is 1. The molecule has 2 fully saturated rings. The Morgan fingerprint density at radius 1 is 1.03 bits per heavy atom. The molecule has 0 amide bonds. The Morgan fingerprint density at radius 2 is 1.66 bits per heavy atom. The molecular weight excluding hydrogens is 412 g/mol. The molecule has 2 aliphatic rings. The van der Waals surface area contributed by atoms with Crippen molar-refractivity contribution in [2.45, 2.75) is 50.3 Å². The number of anilines is 1. The number of ether oxygens (including phenoxy) is 1. The van der Waals surface area contributed by atoms with Crippen LogP contribution in [0, 0.1) is 0 Å². The van der Waals surface area contributed by atoms with E-state index in [1.165, 1.54) is 0 Å². The minimum absolute atomic E-state index is 0.159. The predicted octanol–water partition coefficient (Wildman–Crippen LogP) is 3.78. The third-order valence-corrected chi connectivity index (χ3v) is 7.38. The molecule has 2 aromatic rings. The van der Waals surface area contributed by atoms with Gasteiger partial charge in [0.2, 0.25) is 0 Å². The summed E-state index contributed by atoms with van der Waals surface area (Å²) in [7, 11) is -3.69. The molecule has 6 nitrogen and oxygen atoms in total. The Bertz CT molecular complexity index is 952. The first-order chi connectivity index (χ1) is 13.9. The Labute approximate surface area is 176 Å². The molecule has 1 unspecified atom stereocenters. The highest BCUT2D eigenvalue weighted by atomic mass is 35.5. The second kappa shape index (κ2) is 8.34. The van der Waals surface area contributed by atoms with Crippen LogP contribution in [0.1, 0.15) is 31.2 Å². The Balaban J connectivity index is 1.38. The van der Waals surface area contributed by atoms with Gasteiger partial charge in [0, 0.05) is 35.6 Å². The molecule has 2 heterocycles. The number of halogens is 1. The van der Waals surface area contributed by atoms with Gasteiger partial charge in [-0.05, 0) is 42.7 Å². The topological polar surface area (TPSA) is 75.7 Å². The molecule has 4 rings (SSSR count). The highest BCUT2D eigenvalue weighted by molar-refractivity contribution is 7.90. The molecule has 0 radical (unpaired) electrons. The van der Waals surface area contributed by atoms with Crippen molar-refractivity contribution in [3.8, 4) is 0 Å². The first-order valence-electron chi connectivity index (χ1n) is 9.71. The normalized spacial score (nSPS) is 24.2. The molecule has 2 saturated heterocycles. The molecule has 154 valence electrons. The lowest BCUT2D eigenvalue weighted by Gasteiger charge is -2.37. The number of carbonyl (C=O) groups is 1. The minimum Gasteiger partial charge on any atom is -0.462 e. The maximum atomic E-state index is 12.9. The quantitative estimate of drug-likeness (QED) is 0.702. The minimum atomic E-state index is -3.69. The van der Waals surface area contributed by atoms with E-state index in [0.29, 0.717) is 23.6 Å². The summed E-state index contributed by atoms with van der Waals surface area (Å²) in [5.41, 5.74) is 1.39. The lowest BCUT2D eigenvalue weighted by Crippen LogP contribution is -2.50. The number of fused-ring (bicyclic) bond motifs is 2. The molecule has 0 aliphatic carbocycles. The second-order valence-corrected chi connectivity index (χ2v) is 9.59. The summed E-state index contributed by atoms with van der Waals surface area (Å²) in [6.45, 7) is 0. The van der Waals surface area contributed by atoms with Crippen molar-refractivity contribution < 1.29 is 17.9 Å². The summed E-state index contributed by atoms with van der Waals surface area (Å²) in [6.07, 6.45) is 2.59. The maximum Gasteiger partial charge on any atom is 0.310 e. The van der Waals surface area contributed by atoms with Crippen molar-refractivity contribution in [3.63, 3.8) is 0 Å². The predicted molar refractivity (Wildman–Crippen MR) is 112 cm³/mol. The summed E-state index contributed by atoms with van der Waals surface area (Å²) in [6, 6.07) is 15.7. The van der Waals surface area contributed by atoms with Gasteiger partial charge in [0.1, 0.15) is 6.10 Å². The molecule has 2 aliphatic heterocycles. The van der Waals surface area contributed by atoms with Crippen LogP contribution in [0.4, 0.5) is 5.69 Å². The van der Waals surface area contributed by atoms with Gasteiger partial charge in [0.05, 0.1) is 6.42 Å². The van der Waals surface area contributed by atoms with Crippen LogP contribution in [0.15, 0.2) is 54.6 Å². The number of carbonyl (C=O) groups excluding carboxylic acids is 1.